The fraction of sp³-hybridized carbons (Fsp3) is 0.150. The average Bonchev–Trinajstić information content (AvgIpc) is 2.74. The zero-order valence-corrected chi connectivity index (χ0v) is 15.6. The van der Waals surface area contributed by atoms with Crippen LogP contribution in [0, 0.1) is 0 Å². The Morgan fingerprint density at radius 1 is 0.966 bits per heavy atom. The second kappa shape index (κ2) is 8.34. The van der Waals surface area contributed by atoms with Gasteiger partial charge in [0.25, 0.3) is 5.56 Å². The van der Waals surface area contributed by atoms with Crippen molar-refractivity contribution in [2.45, 2.75) is 6.54 Å². The number of nitrogens with zero attached hydrogens (tertiary/aromatic N) is 2. The average molecular weight is 396 g/mol. The van der Waals surface area contributed by atoms with Gasteiger partial charge >= 0.3 is 17.9 Å². The Morgan fingerprint density at radius 2 is 1.59 bits per heavy atom. The van der Waals surface area contributed by atoms with Gasteiger partial charge in [0.1, 0.15) is 12.3 Å². The van der Waals surface area contributed by atoms with E-state index in [1.54, 1.807) is 24.3 Å². The first-order valence-electron chi connectivity index (χ1n) is 8.40. The topological polar surface area (TPSA) is 114 Å². The molecule has 0 N–H and O–H groups in total. The van der Waals surface area contributed by atoms with Crippen LogP contribution in [0.3, 0.4) is 0 Å². The highest BCUT2D eigenvalue weighted by Gasteiger charge is 2.17. The molecule has 0 spiro atoms. The molecular formula is C20H16N2O7. The molecule has 9 nitrogen and oxygen atoms in total. The largest absolute Gasteiger partial charge is 0.465 e. The monoisotopic (exact) mass is 396 g/mol. The van der Waals surface area contributed by atoms with Crippen LogP contribution in [0.25, 0.3) is 10.8 Å². The Balaban J connectivity index is 1.87. The van der Waals surface area contributed by atoms with Crippen molar-refractivity contribution in [2.24, 2.45) is 0 Å². The van der Waals surface area contributed by atoms with E-state index < -0.39 is 30.0 Å². The van der Waals surface area contributed by atoms with E-state index in [9.17, 15) is 19.2 Å². The molecule has 0 aliphatic carbocycles. The molecule has 3 rings (SSSR count). The second-order valence-electron chi connectivity index (χ2n) is 5.90. The quantitative estimate of drug-likeness (QED) is 0.472. The second-order valence-corrected chi connectivity index (χ2v) is 5.90. The highest BCUT2D eigenvalue weighted by molar-refractivity contribution is 5.96. The maximum atomic E-state index is 12.5. The van der Waals surface area contributed by atoms with E-state index in [0.717, 1.165) is 4.68 Å². The predicted octanol–water partition coefficient (Wildman–Crippen LogP) is 1.58. The minimum Gasteiger partial charge on any atom is -0.465 e. The van der Waals surface area contributed by atoms with Crippen molar-refractivity contribution in [3.8, 4) is 5.75 Å². The fourth-order valence-corrected chi connectivity index (χ4v) is 2.66. The number of methoxy groups -OCH3 is 2. The maximum absolute atomic E-state index is 12.5. The molecule has 0 saturated heterocycles. The van der Waals surface area contributed by atoms with Crippen LogP contribution in [-0.4, -0.2) is 41.9 Å². The van der Waals surface area contributed by atoms with Crippen LogP contribution in [0.2, 0.25) is 0 Å². The lowest BCUT2D eigenvalue weighted by molar-refractivity contribution is -0.135. The molecule has 3 aromatic rings. The fourth-order valence-electron chi connectivity index (χ4n) is 2.66. The number of carbonyl (C=O) groups excluding carboxylic acids is 3. The lowest BCUT2D eigenvalue weighted by atomic mass is 10.1. The summed E-state index contributed by atoms with van der Waals surface area (Å²) in [5.41, 5.74) is -0.447. The normalized spacial score (nSPS) is 10.4. The Bertz CT molecular complexity index is 1130. The van der Waals surface area contributed by atoms with Gasteiger partial charge in [-0.3, -0.25) is 4.79 Å². The van der Waals surface area contributed by atoms with E-state index in [1.807, 2.05) is 0 Å². The standard InChI is InChI=1S/C20H16N2O7/c1-27-19(25)13-7-14(20(26)28-2)9-15(8-13)29-17(23)11-22-18(24)16-6-4-3-5-12(16)10-21-22/h3-10H,11H2,1-2H3. The summed E-state index contributed by atoms with van der Waals surface area (Å²) in [7, 11) is 2.35. The molecule has 29 heavy (non-hydrogen) atoms. The smallest absolute Gasteiger partial charge is 0.338 e. The van der Waals surface area contributed by atoms with Crippen LogP contribution in [0.5, 0.6) is 5.75 Å². The van der Waals surface area contributed by atoms with Crippen molar-refractivity contribution in [1.29, 1.82) is 0 Å². The number of rotatable bonds is 5. The number of esters is 3. The Morgan fingerprint density at radius 3 is 2.21 bits per heavy atom. The molecule has 0 unspecified atom stereocenters. The van der Waals surface area contributed by atoms with Crippen LogP contribution in [-0.2, 0) is 20.8 Å². The third kappa shape index (κ3) is 4.29. The summed E-state index contributed by atoms with van der Waals surface area (Å²) < 4.78 is 15.4. The van der Waals surface area contributed by atoms with Gasteiger partial charge < -0.3 is 14.2 Å². The molecule has 148 valence electrons. The van der Waals surface area contributed by atoms with Gasteiger partial charge in [-0.05, 0) is 24.3 Å². The van der Waals surface area contributed by atoms with Gasteiger partial charge in [-0.15, -0.1) is 0 Å². The molecule has 0 aliphatic heterocycles. The SMILES string of the molecule is COC(=O)c1cc(OC(=O)Cn2ncc3ccccc3c2=O)cc(C(=O)OC)c1. The van der Waals surface area contributed by atoms with Crippen molar-refractivity contribution < 1.29 is 28.6 Å². The van der Waals surface area contributed by atoms with Crippen LogP contribution >= 0.6 is 0 Å². The van der Waals surface area contributed by atoms with E-state index in [2.05, 4.69) is 14.6 Å². The minimum atomic E-state index is -0.812. The van der Waals surface area contributed by atoms with Crippen LogP contribution in [0.1, 0.15) is 20.7 Å². The lowest BCUT2D eigenvalue weighted by Gasteiger charge is -2.09. The van der Waals surface area contributed by atoms with Gasteiger partial charge in [-0.2, -0.15) is 5.10 Å². The molecule has 0 saturated carbocycles. The minimum absolute atomic E-state index is 0.000743. The van der Waals surface area contributed by atoms with Crippen molar-refractivity contribution in [1.82, 2.24) is 9.78 Å². The first-order chi connectivity index (χ1) is 13.9. The van der Waals surface area contributed by atoms with Gasteiger partial charge in [0, 0.05) is 5.39 Å². The molecule has 0 fully saturated rings. The number of carbonyl (C=O) groups is 3. The first-order valence-corrected chi connectivity index (χ1v) is 8.40. The van der Waals surface area contributed by atoms with Gasteiger partial charge in [0.2, 0.25) is 0 Å². The molecule has 2 aromatic carbocycles. The summed E-state index contributed by atoms with van der Waals surface area (Å²) in [5.74, 6) is -2.33. The molecule has 0 bridgehead atoms. The molecule has 0 radical (unpaired) electrons. The molecule has 1 aromatic heterocycles. The number of hydrogen-bond donors (Lipinski definition) is 0. The zero-order chi connectivity index (χ0) is 21.0. The number of fused-ring (bicyclic) bond motifs is 1. The molecule has 0 atom stereocenters. The first kappa shape index (κ1) is 19.7. The number of aromatic nitrogens is 2. The van der Waals surface area contributed by atoms with Crippen LogP contribution < -0.4 is 10.3 Å². The van der Waals surface area contributed by atoms with Crippen molar-refractivity contribution >= 4 is 28.7 Å². The third-order valence-electron chi connectivity index (χ3n) is 4.02. The van der Waals surface area contributed by atoms with E-state index >= 15 is 0 Å². The zero-order valence-electron chi connectivity index (χ0n) is 15.6. The third-order valence-corrected chi connectivity index (χ3v) is 4.02. The highest BCUT2D eigenvalue weighted by atomic mass is 16.5. The predicted molar refractivity (Wildman–Crippen MR) is 101 cm³/mol. The van der Waals surface area contributed by atoms with Crippen LogP contribution in [0.15, 0.2) is 53.5 Å². The maximum Gasteiger partial charge on any atom is 0.338 e. The van der Waals surface area contributed by atoms with Crippen LogP contribution in [0.4, 0.5) is 0 Å². The number of benzene rings is 2. The van der Waals surface area contributed by atoms with E-state index in [-0.39, 0.29) is 16.9 Å². The van der Waals surface area contributed by atoms with Gasteiger partial charge in [0.05, 0.1) is 36.9 Å². The van der Waals surface area contributed by atoms with E-state index in [0.29, 0.717) is 10.8 Å². The van der Waals surface area contributed by atoms with Gasteiger partial charge in [0.15, 0.2) is 0 Å². The van der Waals surface area contributed by atoms with E-state index in [4.69, 9.17) is 4.74 Å². The summed E-state index contributed by atoms with van der Waals surface area (Å²) in [6.07, 6.45) is 1.47. The molecule has 9 heteroatoms. The highest BCUT2D eigenvalue weighted by Crippen LogP contribution is 2.19. The lowest BCUT2D eigenvalue weighted by Crippen LogP contribution is -2.28. The summed E-state index contributed by atoms with van der Waals surface area (Å²) in [6.45, 7) is -0.459. The molecule has 0 aliphatic rings. The van der Waals surface area contributed by atoms with Crippen molar-refractivity contribution in [2.75, 3.05) is 14.2 Å². The van der Waals surface area contributed by atoms with Crippen molar-refractivity contribution in [3.63, 3.8) is 0 Å². The molecule has 0 amide bonds. The van der Waals surface area contributed by atoms with Crippen molar-refractivity contribution in [3.05, 3.63) is 70.1 Å². The number of ether oxygens (including phenoxy) is 3. The van der Waals surface area contributed by atoms with Gasteiger partial charge in [-0.25, -0.2) is 19.1 Å². The Hall–Kier alpha value is -4.01. The Kier molecular flexibility index (Phi) is 5.68. The van der Waals surface area contributed by atoms with Gasteiger partial charge in [-0.1, -0.05) is 18.2 Å². The summed E-state index contributed by atoms with van der Waals surface area (Å²) in [5, 5.41) is 5.02. The Labute approximate surface area is 164 Å². The van der Waals surface area contributed by atoms with E-state index in [1.165, 1.54) is 38.6 Å². The summed E-state index contributed by atoms with van der Waals surface area (Å²) in [4.78, 5) is 48.4. The number of hydrogen-bond acceptors (Lipinski definition) is 8. The molecular weight excluding hydrogens is 380 g/mol. The summed E-state index contributed by atoms with van der Waals surface area (Å²) in [6, 6.07) is 10.6. The molecule has 1 heterocycles. The summed E-state index contributed by atoms with van der Waals surface area (Å²) >= 11 is 0.